The van der Waals surface area contributed by atoms with Gasteiger partial charge in [-0.05, 0) is 117 Å². The first kappa shape index (κ1) is 79.6. The molecule has 0 aromatic heterocycles. The Balaban J connectivity index is 0.000000145. The van der Waals surface area contributed by atoms with Crippen molar-refractivity contribution in [1.29, 1.82) is 0 Å². The fourth-order valence-corrected chi connectivity index (χ4v) is 14.9. The molecule has 2 radical (unpaired) electrons. The largest absolute Gasteiger partial charge is 0.480 e. The Labute approximate surface area is 671 Å². The molecule has 0 saturated carbocycles. The summed E-state index contributed by atoms with van der Waals surface area (Å²) in [6, 6.07) is 63.3. The molecular formula is C84H56Cl4N4O16Rh2. The zero-order chi connectivity index (χ0) is 76.5. The van der Waals surface area contributed by atoms with Gasteiger partial charge in [-0.3, -0.25) is 58.0 Å². The van der Waals surface area contributed by atoms with Gasteiger partial charge in [-0.25, -0.2) is 19.2 Å². The summed E-state index contributed by atoms with van der Waals surface area (Å²) in [4.78, 5) is 156. The van der Waals surface area contributed by atoms with Crippen LogP contribution in [-0.4, -0.2) is 135 Å². The van der Waals surface area contributed by atoms with Crippen molar-refractivity contribution >= 4 is 161 Å². The van der Waals surface area contributed by atoms with Crippen LogP contribution in [0.5, 0.6) is 0 Å². The smallest absolute Gasteiger partial charge is 0.327 e. The Morgan fingerprint density at radius 2 is 0.418 bits per heavy atom. The average Bonchev–Trinajstić information content (AvgIpc) is 0.757. The van der Waals surface area contributed by atoms with E-state index < -0.39 is 95.3 Å². The first-order valence-electron chi connectivity index (χ1n) is 33.4. The maximum Gasteiger partial charge on any atom is 0.327 e. The first-order chi connectivity index (χ1) is 51.9. The average molecular weight is 1730 g/mol. The molecule has 12 aromatic carbocycles. The Morgan fingerprint density at radius 3 is 0.591 bits per heavy atom. The molecule has 4 atom stereocenters. The molecule has 0 bridgehead atoms. The molecule has 4 N–H and O–H groups in total. The summed E-state index contributed by atoms with van der Waals surface area (Å²) in [6.45, 7) is 0. The van der Waals surface area contributed by atoms with Gasteiger partial charge in [0.25, 0.3) is 47.3 Å². The van der Waals surface area contributed by atoms with E-state index in [1.165, 1.54) is 24.3 Å². The normalized spacial score (nSPS) is 14.2. The number of imide groups is 4. The number of carbonyl (C=O) groups is 12. The number of nitrogens with zero attached hydrogens (tertiary/aromatic N) is 4. The predicted molar refractivity (Wildman–Crippen MR) is 404 cm³/mol. The van der Waals surface area contributed by atoms with Gasteiger partial charge in [0.05, 0.1) is 22.3 Å². The third-order valence-corrected chi connectivity index (χ3v) is 19.7. The van der Waals surface area contributed by atoms with E-state index in [1.807, 2.05) is 24.3 Å². The molecule has 0 unspecified atom stereocenters. The van der Waals surface area contributed by atoms with Crippen molar-refractivity contribution in [2.45, 2.75) is 49.9 Å². The maximum atomic E-state index is 13.1. The van der Waals surface area contributed by atoms with Gasteiger partial charge in [0.2, 0.25) is 0 Å². The van der Waals surface area contributed by atoms with Crippen molar-refractivity contribution in [2.24, 2.45) is 0 Å². The van der Waals surface area contributed by atoms with E-state index >= 15 is 0 Å². The van der Waals surface area contributed by atoms with Crippen molar-refractivity contribution in [1.82, 2.24) is 19.6 Å². The molecular weight excluding hydrogens is 1670 g/mol. The zero-order valence-corrected chi connectivity index (χ0v) is 63.2. The second-order valence-electron chi connectivity index (χ2n) is 25.5. The fraction of sp³-hybridized carbons (Fsp3) is 0.0952. The summed E-state index contributed by atoms with van der Waals surface area (Å²) >= 11 is 24.5. The second-order valence-corrected chi connectivity index (χ2v) is 27.3. The van der Waals surface area contributed by atoms with Crippen molar-refractivity contribution in [3.8, 4) is 0 Å². The van der Waals surface area contributed by atoms with E-state index in [4.69, 9.17) is 46.4 Å². The minimum Gasteiger partial charge on any atom is -0.480 e. The summed E-state index contributed by atoms with van der Waals surface area (Å²) in [7, 11) is 0. The van der Waals surface area contributed by atoms with Crippen LogP contribution in [0.4, 0.5) is 0 Å². The number of carbonyl (C=O) groups excluding carboxylic acids is 8. The van der Waals surface area contributed by atoms with Gasteiger partial charge in [-0.1, -0.05) is 216 Å². The summed E-state index contributed by atoms with van der Waals surface area (Å²) in [5, 5.41) is 45.1. The number of aliphatic carboxylic acids is 4. The van der Waals surface area contributed by atoms with Crippen LogP contribution in [0.3, 0.4) is 0 Å². The number of rotatable bonds is 16. The van der Waals surface area contributed by atoms with Crippen LogP contribution in [0.2, 0.25) is 20.1 Å². The number of hydrogen-bond acceptors (Lipinski definition) is 12. The number of benzene rings is 12. The van der Waals surface area contributed by atoms with Crippen LogP contribution in [0.25, 0.3) is 43.1 Å². The van der Waals surface area contributed by atoms with E-state index in [9.17, 15) is 78.0 Å². The summed E-state index contributed by atoms with van der Waals surface area (Å²) < 4.78 is 0. The monoisotopic (exact) mass is 1720 g/mol. The molecule has 554 valence electrons. The third kappa shape index (κ3) is 15.7. The molecule has 4 aliphatic rings. The van der Waals surface area contributed by atoms with Crippen LogP contribution < -0.4 is 0 Å². The fourth-order valence-electron chi connectivity index (χ4n) is 14.0. The van der Waals surface area contributed by atoms with E-state index in [0.29, 0.717) is 85.4 Å². The molecule has 0 saturated heterocycles. The Hall–Kier alpha value is -11.5. The molecule has 0 aliphatic carbocycles. The van der Waals surface area contributed by atoms with Crippen molar-refractivity contribution < 1.29 is 117 Å². The number of halogens is 4. The predicted octanol–water partition coefficient (Wildman–Crippen LogP) is 15.1. The van der Waals surface area contributed by atoms with Crippen LogP contribution in [0.15, 0.2) is 243 Å². The maximum absolute atomic E-state index is 13.1. The van der Waals surface area contributed by atoms with Gasteiger partial charge in [0.1, 0.15) is 24.2 Å². The number of amides is 8. The topological polar surface area (TPSA) is 299 Å². The number of carboxylic acid groups (broad SMARTS) is 4. The van der Waals surface area contributed by atoms with E-state index in [2.05, 4.69) is 0 Å². The van der Waals surface area contributed by atoms with Crippen molar-refractivity contribution in [2.75, 3.05) is 0 Å². The van der Waals surface area contributed by atoms with Gasteiger partial charge in [0.15, 0.2) is 0 Å². The van der Waals surface area contributed by atoms with E-state index in [1.54, 1.807) is 194 Å². The Morgan fingerprint density at radius 1 is 0.245 bits per heavy atom. The summed E-state index contributed by atoms with van der Waals surface area (Å²) in [6.07, 6.45) is 0.109. The van der Waals surface area contributed by atoms with Gasteiger partial charge in [0, 0.05) is 129 Å². The zero-order valence-electron chi connectivity index (χ0n) is 56.9. The molecule has 16 rings (SSSR count). The molecule has 26 heteroatoms. The summed E-state index contributed by atoms with van der Waals surface area (Å²) in [5.41, 5.74) is 5.08. The molecule has 0 fully saturated rings. The van der Waals surface area contributed by atoms with Crippen molar-refractivity contribution in [3.63, 3.8) is 0 Å². The van der Waals surface area contributed by atoms with Crippen LogP contribution in [0.1, 0.15) is 105 Å². The quantitative estimate of drug-likeness (QED) is 0.0516. The van der Waals surface area contributed by atoms with Crippen LogP contribution in [-0.2, 0) is 83.8 Å². The van der Waals surface area contributed by atoms with E-state index in [0.717, 1.165) is 41.9 Å². The van der Waals surface area contributed by atoms with Crippen LogP contribution >= 0.6 is 46.4 Å². The molecule has 8 amide bonds. The molecule has 0 spiro atoms. The van der Waals surface area contributed by atoms with Crippen LogP contribution in [0, 0.1) is 0 Å². The van der Waals surface area contributed by atoms with Gasteiger partial charge >= 0.3 is 23.9 Å². The minimum atomic E-state index is -1.31. The molecule has 110 heavy (non-hydrogen) atoms. The second kappa shape index (κ2) is 33.6. The van der Waals surface area contributed by atoms with Crippen molar-refractivity contribution in [3.05, 3.63) is 330 Å². The molecule has 20 nitrogen and oxygen atoms in total. The molecule has 4 heterocycles. The van der Waals surface area contributed by atoms with Gasteiger partial charge in [-0.2, -0.15) is 0 Å². The number of carboxylic acids is 4. The molecule has 12 aromatic rings. The Kier molecular flexibility index (Phi) is 24.3. The third-order valence-electron chi connectivity index (χ3n) is 18.8. The number of hydrogen-bond donors (Lipinski definition) is 4. The first-order valence-corrected chi connectivity index (χ1v) is 34.9. The summed E-state index contributed by atoms with van der Waals surface area (Å²) in [5.74, 6) is -9.96. The van der Waals surface area contributed by atoms with Gasteiger partial charge < -0.3 is 20.4 Å². The Bertz CT molecular complexity index is 5100. The van der Waals surface area contributed by atoms with Gasteiger partial charge in [-0.15, -0.1) is 0 Å². The minimum absolute atomic E-state index is 0. The SMILES string of the molecule is O=C(O)[C@H](Cc1ccccc1)N1C(=O)c2cccc3cc(Cl)cc(c23)C1=O.O=C(O)[C@H](Cc1ccccc1)N1C(=O)c2cccc3cc(Cl)cc(c23)C1=O.O=C(O)[C@H](Cc1ccccc1)N1C(=O)c2cccc3cc(Cl)cc(c23)C1=O.O=C(O)[C@H](Cc1ccccc1)N1C(=O)c2cccc3cc(Cl)cc(c23)C1=O.[Rh].[Rh]. The van der Waals surface area contributed by atoms with E-state index in [-0.39, 0.29) is 86.9 Å². The molecule has 4 aliphatic heterocycles. The standard InChI is InChI=1S/4C21H14ClNO4.2Rh/c4*22-14-10-13-7-4-8-15-18(13)16(11-14)20(25)23(19(15)24)17(21(26)27)9-12-5-2-1-3-6-12;;/h4*1-8,10-11,17H,9H2,(H,26,27);;/t4*17-;;/m0000../s1.